The number of nitrogens with one attached hydrogen (secondary N) is 2. The third kappa shape index (κ3) is 8.02. The number of hydrogen-bond acceptors (Lipinski definition) is 4. The molecule has 1 heterocycles. The number of guanidine groups is 1. The van der Waals surface area contributed by atoms with E-state index in [4.69, 9.17) is 9.73 Å². The van der Waals surface area contributed by atoms with Crippen LogP contribution in [-0.4, -0.2) is 44.3 Å². The van der Waals surface area contributed by atoms with Crippen LogP contribution < -0.4 is 10.6 Å². The van der Waals surface area contributed by atoms with Gasteiger partial charge in [0.15, 0.2) is 11.7 Å². The van der Waals surface area contributed by atoms with Crippen molar-refractivity contribution in [1.29, 1.82) is 0 Å². The first kappa shape index (κ1) is 25.4. The number of aromatic nitrogens is 1. The van der Waals surface area contributed by atoms with Gasteiger partial charge in [-0.25, -0.2) is 4.98 Å². The molecule has 0 amide bonds. The molecule has 0 radical (unpaired) electrons. The van der Waals surface area contributed by atoms with E-state index in [2.05, 4.69) is 15.6 Å². The summed E-state index contributed by atoms with van der Waals surface area (Å²) in [4.78, 5) is 8.40. The third-order valence-electron chi connectivity index (χ3n) is 4.89. The summed E-state index contributed by atoms with van der Waals surface area (Å²) in [5, 5.41) is 7.95. The minimum atomic E-state index is -4.38. The fourth-order valence-electron chi connectivity index (χ4n) is 3.36. The van der Waals surface area contributed by atoms with Crippen molar-refractivity contribution in [2.75, 3.05) is 33.4 Å². The number of hydrogen-bond donors (Lipinski definition) is 2. The normalized spacial score (nSPS) is 16.7. The fourth-order valence-corrected chi connectivity index (χ4v) is 4.17. The SMILES string of the molecule is CCNC(=NCC1(CCOC)CCCC1)NCCc1nc(C(F)(F)F)cs1.I. The van der Waals surface area contributed by atoms with E-state index in [-0.39, 0.29) is 29.4 Å². The Hall–Kier alpha value is -0.620. The van der Waals surface area contributed by atoms with Crippen LogP contribution in [0.15, 0.2) is 10.4 Å². The van der Waals surface area contributed by atoms with Crippen LogP contribution in [0.4, 0.5) is 13.2 Å². The standard InChI is InChI=1S/C18H29F3N4OS.HI/c1-3-22-16(24-13-17(9-11-26-2)7-4-5-8-17)23-10-6-15-25-14(12-27-15)18(19,20)21;/h12H,3-11,13H2,1-2H3,(H2,22,23,24);1H. The van der Waals surface area contributed by atoms with Crippen LogP contribution in [0.1, 0.15) is 49.7 Å². The first-order chi connectivity index (χ1) is 12.9. The number of halogens is 4. The molecule has 0 spiro atoms. The summed E-state index contributed by atoms with van der Waals surface area (Å²) >= 11 is 1.04. The Kier molecular flexibility index (Phi) is 11.0. The Morgan fingerprint density at radius 1 is 1.32 bits per heavy atom. The molecule has 1 aromatic rings. The predicted octanol–water partition coefficient (Wildman–Crippen LogP) is 4.47. The van der Waals surface area contributed by atoms with Gasteiger partial charge in [-0.15, -0.1) is 35.3 Å². The number of methoxy groups -OCH3 is 1. The minimum Gasteiger partial charge on any atom is -0.385 e. The Morgan fingerprint density at radius 3 is 2.61 bits per heavy atom. The molecule has 0 aromatic carbocycles. The molecule has 28 heavy (non-hydrogen) atoms. The lowest BCUT2D eigenvalue weighted by Crippen LogP contribution is -2.39. The lowest BCUT2D eigenvalue weighted by atomic mass is 9.83. The molecule has 1 aliphatic rings. The van der Waals surface area contributed by atoms with Gasteiger partial charge in [0.1, 0.15) is 0 Å². The molecule has 5 nitrogen and oxygen atoms in total. The zero-order chi connectivity index (χ0) is 19.8. The molecule has 162 valence electrons. The molecule has 1 saturated carbocycles. The average Bonchev–Trinajstić information content (AvgIpc) is 3.28. The summed E-state index contributed by atoms with van der Waals surface area (Å²) < 4.78 is 43.1. The minimum absolute atomic E-state index is 0. The van der Waals surface area contributed by atoms with Gasteiger partial charge in [0.05, 0.1) is 5.01 Å². The van der Waals surface area contributed by atoms with Crippen molar-refractivity contribution in [2.45, 2.75) is 51.6 Å². The van der Waals surface area contributed by atoms with Crippen molar-refractivity contribution >= 4 is 41.3 Å². The van der Waals surface area contributed by atoms with Crippen molar-refractivity contribution < 1.29 is 17.9 Å². The molecule has 0 saturated heterocycles. The van der Waals surface area contributed by atoms with Gasteiger partial charge in [-0.05, 0) is 31.6 Å². The van der Waals surface area contributed by atoms with E-state index < -0.39 is 11.9 Å². The van der Waals surface area contributed by atoms with E-state index in [0.29, 0.717) is 23.9 Å². The zero-order valence-electron chi connectivity index (χ0n) is 16.4. The quantitative estimate of drug-likeness (QED) is 0.279. The summed E-state index contributed by atoms with van der Waals surface area (Å²) in [5.41, 5.74) is -0.612. The van der Waals surface area contributed by atoms with E-state index in [9.17, 15) is 13.2 Å². The van der Waals surface area contributed by atoms with Crippen LogP contribution >= 0.6 is 35.3 Å². The van der Waals surface area contributed by atoms with Crippen LogP contribution in [0, 0.1) is 5.41 Å². The molecule has 10 heteroatoms. The highest BCUT2D eigenvalue weighted by Crippen LogP contribution is 2.41. The van der Waals surface area contributed by atoms with Crippen molar-refractivity contribution in [3.05, 3.63) is 16.1 Å². The van der Waals surface area contributed by atoms with Crippen LogP contribution in [-0.2, 0) is 17.3 Å². The van der Waals surface area contributed by atoms with E-state index >= 15 is 0 Å². The lowest BCUT2D eigenvalue weighted by molar-refractivity contribution is -0.140. The van der Waals surface area contributed by atoms with Gasteiger partial charge >= 0.3 is 6.18 Å². The predicted molar refractivity (Wildman–Crippen MR) is 118 cm³/mol. The molecular formula is C18H30F3IN4OS. The number of aliphatic imine (C=N–C) groups is 1. The van der Waals surface area contributed by atoms with Gasteiger partial charge in [0, 0.05) is 45.2 Å². The van der Waals surface area contributed by atoms with Gasteiger partial charge in [-0.2, -0.15) is 13.2 Å². The topological polar surface area (TPSA) is 58.5 Å². The van der Waals surface area contributed by atoms with Gasteiger partial charge in [0.2, 0.25) is 0 Å². The van der Waals surface area contributed by atoms with Gasteiger partial charge in [-0.3, -0.25) is 4.99 Å². The molecule has 0 unspecified atom stereocenters. The maximum absolute atomic E-state index is 12.6. The summed E-state index contributed by atoms with van der Waals surface area (Å²) in [6.07, 6.45) is 1.85. The summed E-state index contributed by atoms with van der Waals surface area (Å²) in [6, 6.07) is 0. The second-order valence-electron chi connectivity index (χ2n) is 6.95. The molecule has 1 fully saturated rings. The van der Waals surface area contributed by atoms with Crippen molar-refractivity contribution in [2.24, 2.45) is 10.4 Å². The third-order valence-corrected chi connectivity index (χ3v) is 5.80. The molecule has 2 rings (SSSR count). The summed E-state index contributed by atoms with van der Waals surface area (Å²) in [5.74, 6) is 0.703. The van der Waals surface area contributed by atoms with Gasteiger partial charge in [0.25, 0.3) is 0 Å². The number of ether oxygens (including phenoxy) is 1. The smallest absolute Gasteiger partial charge is 0.385 e. The van der Waals surface area contributed by atoms with E-state index in [0.717, 1.165) is 42.8 Å². The molecular weight excluding hydrogens is 504 g/mol. The summed E-state index contributed by atoms with van der Waals surface area (Å²) in [7, 11) is 1.72. The number of nitrogens with zero attached hydrogens (tertiary/aromatic N) is 2. The number of thiazole rings is 1. The van der Waals surface area contributed by atoms with Crippen molar-refractivity contribution in [3.63, 3.8) is 0 Å². The van der Waals surface area contributed by atoms with Crippen molar-refractivity contribution in [3.8, 4) is 0 Å². The van der Waals surface area contributed by atoms with Crippen LogP contribution in [0.5, 0.6) is 0 Å². The van der Waals surface area contributed by atoms with Crippen LogP contribution in [0.25, 0.3) is 0 Å². The van der Waals surface area contributed by atoms with E-state index in [1.54, 1.807) is 7.11 Å². The Morgan fingerprint density at radius 2 is 2.04 bits per heavy atom. The first-order valence-electron chi connectivity index (χ1n) is 9.41. The highest BCUT2D eigenvalue weighted by atomic mass is 127. The van der Waals surface area contributed by atoms with E-state index in [1.807, 2.05) is 6.92 Å². The number of rotatable bonds is 9. The zero-order valence-corrected chi connectivity index (χ0v) is 19.5. The number of alkyl halides is 3. The molecule has 0 bridgehead atoms. The van der Waals surface area contributed by atoms with Crippen molar-refractivity contribution in [1.82, 2.24) is 15.6 Å². The highest BCUT2D eigenvalue weighted by Gasteiger charge is 2.34. The monoisotopic (exact) mass is 534 g/mol. The summed E-state index contributed by atoms with van der Waals surface area (Å²) in [6.45, 7) is 4.68. The maximum atomic E-state index is 12.6. The fraction of sp³-hybridized carbons (Fsp3) is 0.778. The average molecular weight is 534 g/mol. The molecule has 0 atom stereocenters. The highest BCUT2D eigenvalue weighted by molar-refractivity contribution is 14.0. The largest absolute Gasteiger partial charge is 0.434 e. The molecule has 2 N–H and O–H groups in total. The Balaban J connectivity index is 0.00000392. The molecule has 1 aromatic heterocycles. The van der Waals surface area contributed by atoms with Gasteiger partial charge in [-0.1, -0.05) is 12.8 Å². The molecule has 0 aliphatic heterocycles. The van der Waals surface area contributed by atoms with E-state index in [1.165, 1.54) is 25.7 Å². The second kappa shape index (κ2) is 12.2. The maximum Gasteiger partial charge on any atom is 0.434 e. The Labute approximate surface area is 186 Å². The Bertz CT molecular complexity index is 604. The first-order valence-corrected chi connectivity index (χ1v) is 10.3. The lowest BCUT2D eigenvalue weighted by Gasteiger charge is -2.27. The van der Waals surface area contributed by atoms with Crippen LogP contribution in [0.3, 0.4) is 0 Å². The second-order valence-corrected chi connectivity index (χ2v) is 7.89. The van der Waals surface area contributed by atoms with Gasteiger partial charge < -0.3 is 15.4 Å². The molecule has 1 aliphatic carbocycles. The van der Waals surface area contributed by atoms with Crippen LogP contribution in [0.2, 0.25) is 0 Å².